The number of nitrogens with one attached hydrogen (secondary N) is 1. The van der Waals surface area contributed by atoms with Gasteiger partial charge in [0.15, 0.2) is 0 Å². The highest BCUT2D eigenvalue weighted by atomic mass is 79.9. The summed E-state index contributed by atoms with van der Waals surface area (Å²) in [7, 11) is 0. The molecule has 0 bridgehead atoms. The number of halogens is 1. The molecule has 1 unspecified atom stereocenters. The Hall–Kier alpha value is -0.610. The first kappa shape index (κ1) is 9.93. The fourth-order valence-electron chi connectivity index (χ4n) is 1.50. The molecule has 0 spiro atoms. The Balaban J connectivity index is 1.85. The van der Waals surface area contributed by atoms with Crippen LogP contribution in [0.5, 0.6) is 0 Å². The lowest BCUT2D eigenvalue weighted by molar-refractivity contribution is 0.187. The van der Waals surface area contributed by atoms with Crippen molar-refractivity contribution >= 4 is 21.7 Å². The Morgan fingerprint density at radius 1 is 1.57 bits per heavy atom. The molecule has 0 radical (unpaired) electrons. The quantitative estimate of drug-likeness (QED) is 0.843. The van der Waals surface area contributed by atoms with Crippen LogP contribution < -0.4 is 5.32 Å². The first-order valence-corrected chi connectivity index (χ1v) is 5.58. The zero-order chi connectivity index (χ0) is 9.80. The fraction of sp³-hybridized carbons (Fsp3) is 0.500. The van der Waals surface area contributed by atoms with Crippen LogP contribution in [0, 0.1) is 5.92 Å². The second-order valence-electron chi connectivity index (χ2n) is 3.46. The Morgan fingerprint density at radius 3 is 3.21 bits per heavy atom. The van der Waals surface area contributed by atoms with Gasteiger partial charge in [0.2, 0.25) is 0 Å². The zero-order valence-corrected chi connectivity index (χ0v) is 9.46. The molecule has 1 aliphatic heterocycles. The summed E-state index contributed by atoms with van der Waals surface area (Å²) < 4.78 is 6.17. The molecule has 1 aliphatic rings. The van der Waals surface area contributed by atoms with Crippen molar-refractivity contribution in [2.45, 2.75) is 6.42 Å². The Bertz CT molecular complexity index is 300. The summed E-state index contributed by atoms with van der Waals surface area (Å²) in [5.74, 6) is 1.56. The summed E-state index contributed by atoms with van der Waals surface area (Å²) in [6.07, 6.45) is 1.15. The standard InChI is InChI=1S/C10H13BrN2O/c11-9-2-1-3-10(13-9)12-6-8-4-5-14-7-8/h1-3,8H,4-7H2,(H,12,13). The predicted octanol–water partition coefficient (Wildman–Crippen LogP) is 2.29. The minimum Gasteiger partial charge on any atom is -0.381 e. The first-order valence-electron chi connectivity index (χ1n) is 4.79. The molecule has 0 aromatic carbocycles. The second kappa shape index (κ2) is 4.75. The van der Waals surface area contributed by atoms with Crippen molar-refractivity contribution in [1.82, 2.24) is 4.98 Å². The van der Waals surface area contributed by atoms with E-state index < -0.39 is 0 Å². The Kier molecular flexibility index (Phi) is 3.37. The second-order valence-corrected chi connectivity index (χ2v) is 4.27. The van der Waals surface area contributed by atoms with Crippen LogP contribution in [0.15, 0.2) is 22.8 Å². The van der Waals surface area contributed by atoms with E-state index in [4.69, 9.17) is 4.74 Å². The average Bonchev–Trinajstić information content (AvgIpc) is 2.67. The van der Waals surface area contributed by atoms with Crippen LogP contribution in [-0.4, -0.2) is 24.7 Å². The molecule has 0 saturated carbocycles. The molecule has 14 heavy (non-hydrogen) atoms. The Labute approximate surface area is 92.0 Å². The minimum atomic E-state index is 0.635. The molecule has 2 heterocycles. The zero-order valence-electron chi connectivity index (χ0n) is 7.87. The third kappa shape index (κ3) is 2.69. The predicted molar refractivity (Wildman–Crippen MR) is 59.4 cm³/mol. The largest absolute Gasteiger partial charge is 0.381 e. The van der Waals surface area contributed by atoms with E-state index in [2.05, 4.69) is 26.2 Å². The van der Waals surface area contributed by atoms with Gasteiger partial charge in [0.25, 0.3) is 0 Å². The van der Waals surface area contributed by atoms with E-state index in [0.29, 0.717) is 5.92 Å². The van der Waals surface area contributed by atoms with Gasteiger partial charge in [-0.15, -0.1) is 0 Å². The van der Waals surface area contributed by atoms with Crippen LogP contribution in [0.2, 0.25) is 0 Å². The van der Waals surface area contributed by atoms with Crippen LogP contribution in [0.4, 0.5) is 5.82 Å². The highest BCUT2D eigenvalue weighted by Crippen LogP contribution is 2.14. The van der Waals surface area contributed by atoms with Gasteiger partial charge in [-0.2, -0.15) is 0 Å². The molecule has 1 fully saturated rings. The number of aromatic nitrogens is 1. The number of pyridine rings is 1. The van der Waals surface area contributed by atoms with Gasteiger partial charge in [-0.25, -0.2) is 4.98 Å². The van der Waals surface area contributed by atoms with Gasteiger partial charge in [0.05, 0.1) is 6.61 Å². The average molecular weight is 257 g/mol. The van der Waals surface area contributed by atoms with Crippen molar-refractivity contribution in [1.29, 1.82) is 0 Å². The maximum atomic E-state index is 5.30. The number of hydrogen-bond acceptors (Lipinski definition) is 3. The normalized spacial score (nSPS) is 21.1. The van der Waals surface area contributed by atoms with E-state index in [9.17, 15) is 0 Å². The summed E-state index contributed by atoms with van der Waals surface area (Å²) in [6.45, 7) is 2.72. The fourth-order valence-corrected chi connectivity index (χ4v) is 1.84. The van der Waals surface area contributed by atoms with Crippen molar-refractivity contribution < 1.29 is 4.74 Å². The van der Waals surface area contributed by atoms with E-state index in [1.807, 2.05) is 18.2 Å². The molecule has 0 aliphatic carbocycles. The highest BCUT2D eigenvalue weighted by Gasteiger charge is 2.14. The van der Waals surface area contributed by atoms with E-state index in [1.165, 1.54) is 0 Å². The lowest BCUT2D eigenvalue weighted by Crippen LogP contribution is -2.14. The number of hydrogen-bond donors (Lipinski definition) is 1. The van der Waals surface area contributed by atoms with Crippen LogP contribution in [-0.2, 0) is 4.74 Å². The first-order chi connectivity index (χ1) is 6.84. The SMILES string of the molecule is Brc1cccc(NCC2CCOC2)n1. The van der Waals surface area contributed by atoms with Crippen LogP contribution in [0.25, 0.3) is 0 Å². The van der Waals surface area contributed by atoms with Crippen molar-refractivity contribution in [3.8, 4) is 0 Å². The smallest absolute Gasteiger partial charge is 0.127 e. The molecule has 1 saturated heterocycles. The van der Waals surface area contributed by atoms with Gasteiger partial charge in [-0.1, -0.05) is 6.07 Å². The van der Waals surface area contributed by atoms with Crippen molar-refractivity contribution in [3.05, 3.63) is 22.8 Å². The third-order valence-corrected chi connectivity index (χ3v) is 2.75. The molecule has 1 atom stereocenters. The van der Waals surface area contributed by atoms with Gasteiger partial charge < -0.3 is 10.1 Å². The van der Waals surface area contributed by atoms with E-state index in [1.54, 1.807) is 0 Å². The summed E-state index contributed by atoms with van der Waals surface area (Å²) in [5.41, 5.74) is 0. The van der Waals surface area contributed by atoms with Crippen molar-refractivity contribution in [2.75, 3.05) is 25.1 Å². The Morgan fingerprint density at radius 2 is 2.50 bits per heavy atom. The molecule has 1 N–H and O–H groups in total. The molecule has 3 nitrogen and oxygen atoms in total. The molecule has 0 amide bonds. The van der Waals surface area contributed by atoms with Crippen molar-refractivity contribution in [2.24, 2.45) is 5.92 Å². The summed E-state index contributed by atoms with van der Waals surface area (Å²) >= 11 is 3.34. The van der Waals surface area contributed by atoms with E-state index >= 15 is 0 Å². The molecule has 1 aromatic heterocycles. The monoisotopic (exact) mass is 256 g/mol. The third-order valence-electron chi connectivity index (χ3n) is 2.31. The molecular weight excluding hydrogens is 244 g/mol. The van der Waals surface area contributed by atoms with Gasteiger partial charge in [-0.05, 0) is 34.5 Å². The van der Waals surface area contributed by atoms with Gasteiger partial charge >= 0.3 is 0 Å². The maximum Gasteiger partial charge on any atom is 0.127 e. The van der Waals surface area contributed by atoms with E-state index in [-0.39, 0.29) is 0 Å². The molecule has 76 valence electrons. The summed E-state index contributed by atoms with van der Waals surface area (Å²) in [6, 6.07) is 5.87. The van der Waals surface area contributed by atoms with Crippen molar-refractivity contribution in [3.63, 3.8) is 0 Å². The lowest BCUT2D eigenvalue weighted by Gasteiger charge is -2.09. The van der Waals surface area contributed by atoms with Gasteiger partial charge in [0, 0.05) is 19.1 Å². The number of ether oxygens (including phenoxy) is 1. The van der Waals surface area contributed by atoms with E-state index in [0.717, 1.165) is 36.6 Å². The minimum absolute atomic E-state index is 0.635. The summed E-state index contributed by atoms with van der Waals surface area (Å²) in [4.78, 5) is 4.30. The molecule has 4 heteroatoms. The molecule has 2 rings (SSSR count). The summed E-state index contributed by atoms with van der Waals surface area (Å²) in [5, 5.41) is 3.31. The molecular formula is C10H13BrN2O. The van der Waals surface area contributed by atoms with Gasteiger partial charge in [0.1, 0.15) is 10.4 Å². The number of rotatable bonds is 3. The highest BCUT2D eigenvalue weighted by molar-refractivity contribution is 9.10. The van der Waals surface area contributed by atoms with Gasteiger partial charge in [-0.3, -0.25) is 0 Å². The van der Waals surface area contributed by atoms with Crippen LogP contribution in [0.1, 0.15) is 6.42 Å². The number of nitrogens with zero attached hydrogens (tertiary/aromatic N) is 1. The lowest BCUT2D eigenvalue weighted by atomic mass is 10.1. The maximum absolute atomic E-state index is 5.30. The topological polar surface area (TPSA) is 34.1 Å². The number of anilines is 1. The molecule has 1 aromatic rings. The van der Waals surface area contributed by atoms with Crippen LogP contribution >= 0.6 is 15.9 Å². The van der Waals surface area contributed by atoms with Crippen LogP contribution in [0.3, 0.4) is 0 Å².